The Bertz CT molecular complexity index is 873. The van der Waals surface area contributed by atoms with Crippen LogP contribution in [0.2, 0.25) is 0 Å². The predicted molar refractivity (Wildman–Crippen MR) is 94.4 cm³/mol. The molecule has 0 saturated heterocycles. The zero-order valence-electron chi connectivity index (χ0n) is 13.6. The lowest BCUT2D eigenvalue weighted by molar-refractivity contribution is 0.0963. The summed E-state index contributed by atoms with van der Waals surface area (Å²) in [6.45, 7) is 0. The summed E-state index contributed by atoms with van der Waals surface area (Å²) in [5.74, 6) is 0.374. The number of nitrogens with zero attached hydrogens (tertiary/aromatic N) is 4. The smallest absolute Gasteiger partial charge is 0.256 e. The fourth-order valence-corrected chi connectivity index (χ4v) is 2.45. The van der Waals surface area contributed by atoms with E-state index in [9.17, 15) is 4.79 Å². The first-order valence-corrected chi connectivity index (χ1v) is 8.04. The normalized spacial score (nSPS) is 13.5. The monoisotopic (exact) mass is 337 g/mol. The van der Waals surface area contributed by atoms with Crippen molar-refractivity contribution in [3.63, 3.8) is 0 Å². The largest absolute Gasteiger partial charge is 0.382 e. The van der Waals surface area contributed by atoms with Crippen molar-refractivity contribution in [3.05, 3.63) is 54.5 Å². The molecule has 0 bridgehead atoms. The van der Waals surface area contributed by atoms with E-state index >= 15 is 0 Å². The van der Waals surface area contributed by atoms with E-state index in [0.29, 0.717) is 22.5 Å². The molecule has 25 heavy (non-hydrogen) atoms. The van der Waals surface area contributed by atoms with Crippen LogP contribution in [-0.4, -0.2) is 30.8 Å². The van der Waals surface area contributed by atoms with E-state index in [-0.39, 0.29) is 5.91 Å². The van der Waals surface area contributed by atoms with Crippen molar-refractivity contribution in [2.45, 2.75) is 25.7 Å². The average Bonchev–Trinajstić information content (AvgIpc) is 3.14. The molecule has 1 aliphatic carbocycles. The van der Waals surface area contributed by atoms with Gasteiger partial charge in [-0.2, -0.15) is 0 Å². The zero-order valence-corrected chi connectivity index (χ0v) is 13.6. The second kappa shape index (κ2) is 8.00. The molecule has 4 N–H and O–H groups in total. The fraction of sp³-hybridized carbons (Fsp3) is 0.235. The maximum atomic E-state index is 11.7. The zero-order chi connectivity index (χ0) is 17.5. The molecular weight excluding hydrogens is 318 g/mol. The molecule has 0 atom stereocenters. The van der Waals surface area contributed by atoms with Gasteiger partial charge in [-0.15, -0.1) is 0 Å². The van der Waals surface area contributed by atoms with Gasteiger partial charge in [-0.05, 0) is 37.8 Å². The van der Waals surface area contributed by atoms with Gasteiger partial charge in [0.1, 0.15) is 11.8 Å². The quantitative estimate of drug-likeness (QED) is 0.659. The Morgan fingerprint density at radius 1 is 1.24 bits per heavy atom. The third kappa shape index (κ3) is 4.37. The first-order valence-electron chi connectivity index (χ1n) is 8.04. The maximum absolute atomic E-state index is 11.7. The molecule has 3 aromatic rings. The number of hydrogen-bond acceptors (Lipinski definition) is 6. The van der Waals surface area contributed by atoms with E-state index in [1.54, 1.807) is 24.5 Å². The van der Waals surface area contributed by atoms with Crippen LogP contribution in [0.4, 0.5) is 5.82 Å². The van der Waals surface area contributed by atoms with Crippen molar-refractivity contribution in [2.24, 2.45) is 0 Å². The molecule has 3 aromatic heterocycles. The van der Waals surface area contributed by atoms with Crippen LogP contribution < -0.4 is 11.1 Å². The van der Waals surface area contributed by atoms with Crippen LogP contribution in [0.3, 0.4) is 0 Å². The van der Waals surface area contributed by atoms with Crippen LogP contribution in [0.15, 0.2) is 49.0 Å². The van der Waals surface area contributed by atoms with Crippen LogP contribution in [0.1, 0.15) is 36.0 Å². The Balaban J connectivity index is 0.000000157. The number of rotatable bonds is 2. The summed E-state index contributed by atoms with van der Waals surface area (Å²) in [5.41, 5.74) is 8.45. The Morgan fingerprint density at radius 3 is 2.88 bits per heavy atom. The lowest BCUT2D eigenvalue weighted by Gasteiger charge is -2.13. The van der Waals surface area contributed by atoms with Crippen LogP contribution in [0.5, 0.6) is 0 Å². The highest BCUT2D eigenvalue weighted by Crippen LogP contribution is 2.15. The SMILES string of the molecule is Nc1ncnc2nc[nH]c12.O=C(NC1=CCCCC1)c1cccnc1. The predicted octanol–water partition coefficient (Wildman–Crippen LogP) is 2.20. The highest BCUT2D eigenvalue weighted by Gasteiger charge is 2.09. The highest BCUT2D eigenvalue weighted by molar-refractivity contribution is 5.94. The number of H-pyrrole nitrogens is 1. The Morgan fingerprint density at radius 2 is 2.16 bits per heavy atom. The van der Waals surface area contributed by atoms with Gasteiger partial charge < -0.3 is 16.0 Å². The fourth-order valence-electron chi connectivity index (χ4n) is 2.45. The molecule has 0 spiro atoms. The summed E-state index contributed by atoms with van der Waals surface area (Å²) in [6, 6.07) is 3.54. The number of carbonyl (C=O) groups excluding carboxylic acids is 1. The van der Waals surface area contributed by atoms with Gasteiger partial charge in [-0.25, -0.2) is 15.0 Å². The van der Waals surface area contributed by atoms with Crippen molar-refractivity contribution >= 4 is 22.9 Å². The molecule has 8 heteroatoms. The summed E-state index contributed by atoms with van der Waals surface area (Å²) < 4.78 is 0. The molecule has 4 rings (SSSR count). The van der Waals surface area contributed by atoms with Crippen molar-refractivity contribution < 1.29 is 4.79 Å². The number of nitrogen functional groups attached to an aromatic ring is 1. The number of allylic oxidation sites excluding steroid dienone is 2. The molecule has 0 saturated carbocycles. The first-order chi connectivity index (χ1) is 12.2. The van der Waals surface area contributed by atoms with E-state index in [2.05, 4.69) is 36.3 Å². The van der Waals surface area contributed by atoms with Gasteiger partial charge in [0.2, 0.25) is 0 Å². The van der Waals surface area contributed by atoms with Crippen molar-refractivity contribution in [2.75, 3.05) is 5.73 Å². The lowest BCUT2D eigenvalue weighted by atomic mass is 10.0. The number of fused-ring (bicyclic) bond motifs is 1. The minimum atomic E-state index is -0.0590. The number of aromatic nitrogens is 5. The van der Waals surface area contributed by atoms with Gasteiger partial charge >= 0.3 is 0 Å². The van der Waals surface area contributed by atoms with E-state index < -0.39 is 0 Å². The van der Waals surface area contributed by atoms with Crippen LogP contribution >= 0.6 is 0 Å². The number of carbonyl (C=O) groups is 1. The number of hydrogen-bond donors (Lipinski definition) is 3. The second-order valence-corrected chi connectivity index (χ2v) is 5.53. The number of aromatic amines is 1. The molecule has 0 aromatic carbocycles. The Kier molecular flexibility index (Phi) is 5.30. The third-order valence-corrected chi connectivity index (χ3v) is 3.74. The van der Waals surface area contributed by atoms with Crippen LogP contribution in [-0.2, 0) is 0 Å². The average molecular weight is 337 g/mol. The molecular formula is C17H19N7O. The number of nitrogens with two attached hydrogens (primary N) is 1. The topological polar surface area (TPSA) is 122 Å². The summed E-state index contributed by atoms with van der Waals surface area (Å²) in [6.07, 6.45) is 12.7. The number of nitrogens with one attached hydrogen (secondary N) is 2. The molecule has 128 valence electrons. The Labute approximate surface area is 144 Å². The summed E-state index contributed by atoms with van der Waals surface area (Å²) in [5, 5.41) is 2.92. The second-order valence-electron chi connectivity index (χ2n) is 5.53. The standard InChI is InChI=1S/C12H14N2O.C5H5N5/c15-12(10-5-4-8-13-9-10)14-11-6-2-1-3-7-11;6-4-3-5(9-1-7-3)10-2-8-4/h4-6,8-9H,1-3,7H2,(H,14,15);1-2H,(H3,6,7,8,9,10). The molecule has 1 amide bonds. The summed E-state index contributed by atoms with van der Waals surface area (Å²) in [7, 11) is 0. The minimum Gasteiger partial charge on any atom is -0.382 e. The molecule has 3 heterocycles. The van der Waals surface area contributed by atoms with E-state index in [1.807, 2.05) is 0 Å². The minimum absolute atomic E-state index is 0.0590. The van der Waals surface area contributed by atoms with Crippen molar-refractivity contribution in [1.29, 1.82) is 0 Å². The van der Waals surface area contributed by atoms with Crippen LogP contribution in [0.25, 0.3) is 11.2 Å². The van der Waals surface area contributed by atoms with Crippen LogP contribution in [0, 0.1) is 0 Å². The first kappa shape index (κ1) is 16.6. The van der Waals surface area contributed by atoms with Gasteiger partial charge in [-0.1, -0.05) is 6.08 Å². The van der Waals surface area contributed by atoms with Crippen molar-refractivity contribution in [1.82, 2.24) is 30.2 Å². The third-order valence-electron chi connectivity index (χ3n) is 3.74. The van der Waals surface area contributed by atoms with Gasteiger partial charge in [0.15, 0.2) is 11.5 Å². The van der Waals surface area contributed by atoms with Gasteiger partial charge in [0.25, 0.3) is 5.91 Å². The molecule has 0 fully saturated rings. The number of pyridine rings is 1. The molecule has 1 aliphatic rings. The molecule has 0 unspecified atom stereocenters. The summed E-state index contributed by atoms with van der Waals surface area (Å²) in [4.78, 5) is 30.0. The molecule has 8 nitrogen and oxygen atoms in total. The van der Waals surface area contributed by atoms with E-state index in [0.717, 1.165) is 18.5 Å². The lowest BCUT2D eigenvalue weighted by Crippen LogP contribution is -2.23. The highest BCUT2D eigenvalue weighted by atomic mass is 16.1. The van der Waals surface area contributed by atoms with Crippen molar-refractivity contribution in [3.8, 4) is 0 Å². The maximum Gasteiger partial charge on any atom is 0.256 e. The number of anilines is 1. The van der Waals surface area contributed by atoms with Gasteiger partial charge in [0, 0.05) is 18.1 Å². The summed E-state index contributed by atoms with van der Waals surface area (Å²) >= 11 is 0. The number of amides is 1. The molecule has 0 radical (unpaired) electrons. The van der Waals surface area contributed by atoms with E-state index in [4.69, 9.17) is 5.73 Å². The van der Waals surface area contributed by atoms with Gasteiger partial charge in [0.05, 0.1) is 11.9 Å². The van der Waals surface area contributed by atoms with E-state index in [1.165, 1.54) is 25.5 Å². The Hall–Kier alpha value is -3.29. The molecule has 0 aliphatic heterocycles. The number of imidazole rings is 1. The van der Waals surface area contributed by atoms with Gasteiger partial charge in [-0.3, -0.25) is 9.78 Å².